The summed E-state index contributed by atoms with van der Waals surface area (Å²) in [6.45, 7) is 5.19. The maximum absolute atomic E-state index is 8.93. The second-order valence-corrected chi connectivity index (χ2v) is 7.90. The van der Waals surface area contributed by atoms with Crippen LogP contribution in [0.25, 0.3) is 0 Å². The van der Waals surface area contributed by atoms with Crippen molar-refractivity contribution >= 4 is 0 Å². The van der Waals surface area contributed by atoms with Gasteiger partial charge >= 0.3 is 0 Å². The van der Waals surface area contributed by atoms with Gasteiger partial charge in [-0.3, -0.25) is 0 Å². The minimum absolute atomic E-state index is 0. The van der Waals surface area contributed by atoms with Crippen molar-refractivity contribution in [2.75, 3.05) is 34.3 Å². The number of hydrogen-bond donors (Lipinski definition) is 0. The fraction of sp³-hybridized carbons (Fsp3) is 1.00. The minimum atomic E-state index is 0. The molecule has 0 rings (SSSR count). The molecule has 0 bridgehead atoms. The summed E-state index contributed by atoms with van der Waals surface area (Å²) in [6, 6.07) is 0. The van der Waals surface area contributed by atoms with Crippen LogP contribution in [-0.2, 0) is 0 Å². The molecule has 2 nitrogen and oxygen atoms in total. The van der Waals surface area contributed by atoms with Crippen LogP contribution < -0.4 is 5.11 Å². The van der Waals surface area contributed by atoms with Crippen LogP contribution >= 0.6 is 0 Å². The Morgan fingerprint density at radius 2 is 0.783 bits per heavy atom. The Labute approximate surface area is 148 Å². The third kappa shape index (κ3) is 30.4. The maximum Gasteiger partial charge on any atom is 0.0780 e. The third-order valence-electron chi connectivity index (χ3n) is 4.18. The first-order valence-electron chi connectivity index (χ1n) is 10.4. The zero-order valence-corrected chi connectivity index (χ0v) is 17.2. The Morgan fingerprint density at radius 1 is 0.522 bits per heavy atom. The number of hydrogen-bond acceptors (Lipinski definition) is 1. The van der Waals surface area contributed by atoms with Crippen molar-refractivity contribution in [3.8, 4) is 0 Å². The summed E-state index contributed by atoms with van der Waals surface area (Å²) >= 11 is 0. The summed E-state index contributed by atoms with van der Waals surface area (Å²) in [4.78, 5) is 0. The van der Waals surface area contributed by atoms with Crippen LogP contribution in [0.4, 0.5) is 0 Å². The van der Waals surface area contributed by atoms with E-state index in [1.807, 2.05) is 0 Å². The average molecular weight is 330 g/mol. The fourth-order valence-electron chi connectivity index (χ4n) is 2.78. The van der Waals surface area contributed by atoms with Crippen molar-refractivity contribution in [1.29, 1.82) is 0 Å². The highest BCUT2D eigenvalue weighted by molar-refractivity contribution is 4.49. The van der Waals surface area contributed by atoms with Gasteiger partial charge in [0.15, 0.2) is 0 Å². The maximum atomic E-state index is 8.93. The lowest BCUT2D eigenvalue weighted by atomic mass is 10.0. The molecule has 0 saturated heterocycles. The van der Waals surface area contributed by atoms with Gasteiger partial charge in [-0.25, -0.2) is 0 Å². The van der Waals surface area contributed by atoms with Crippen LogP contribution in [0.15, 0.2) is 0 Å². The zero-order chi connectivity index (χ0) is 17.8. The van der Waals surface area contributed by atoms with E-state index in [4.69, 9.17) is 5.11 Å². The zero-order valence-electron chi connectivity index (χ0n) is 17.2. The van der Waals surface area contributed by atoms with Crippen LogP contribution in [0.1, 0.15) is 104 Å². The Bertz CT molecular complexity index is 199. The van der Waals surface area contributed by atoms with Crippen LogP contribution in [0.2, 0.25) is 0 Å². The van der Waals surface area contributed by atoms with E-state index in [9.17, 15) is 0 Å². The second-order valence-electron chi connectivity index (χ2n) is 7.90. The molecule has 0 unspecified atom stereocenters. The summed E-state index contributed by atoms with van der Waals surface area (Å²) in [7, 11) is 6.88. The molecule has 0 heterocycles. The highest BCUT2D eigenvalue weighted by atomic mass is 16.2. The monoisotopic (exact) mass is 329 g/mol. The molecule has 23 heavy (non-hydrogen) atoms. The van der Waals surface area contributed by atoms with Crippen LogP contribution in [-0.4, -0.2) is 38.8 Å². The predicted molar refractivity (Wildman–Crippen MR) is 104 cm³/mol. The second kappa shape index (κ2) is 20.0. The molecule has 0 saturated carbocycles. The highest BCUT2D eigenvalue weighted by Crippen LogP contribution is 2.13. The Balaban J connectivity index is 0. The molecule has 0 aliphatic carbocycles. The molecular weight excluding hydrogens is 282 g/mol. The molecule has 2 heteroatoms. The fourth-order valence-corrected chi connectivity index (χ4v) is 2.78. The number of nitrogens with zero attached hydrogens (tertiary/aromatic N) is 1. The van der Waals surface area contributed by atoms with Gasteiger partial charge in [0.05, 0.1) is 27.7 Å². The molecule has 0 amide bonds. The van der Waals surface area contributed by atoms with Gasteiger partial charge in [0.2, 0.25) is 0 Å². The molecule has 0 aliphatic rings. The summed E-state index contributed by atoms with van der Waals surface area (Å²) in [5.74, 6) is 0. The Hall–Kier alpha value is -0.0800. The smallest absolute Gasteiger partial charge is 0.0780 e. The van der Waals surface area contributed by atoms with E-state index in [1.54, 1.807) is 6.92 Å². The van der Waals surface area contributed by atoms with E-state index >= 15 is 0 Å². The first kappa shape index (κ1) is 25.2. The molecule has 0 spiro atoms. The normalized spacial score (nSPS) is 11.2. The standard InChI is InChI=1S/C19H42N.C2H5O/c1-5-6-7-8-9-10-11-12-13-14-15-16-17-18-19-20(2,3)4;1-2-3/h5-19H2,1-4H3;2H2,1H3/q+1;-1. The van der Waals surface area contributed by atoms with E-state index in [0.29, 0.717) is 0 Å². The van der Waals surface area contributed by atoms with E-state index in [1.165, 1.54) is 96.4 Å². The van der Waals surface area contributed by atoms with E-state index in [2.05, 4.69) is 28.1 Å². The Morgan fingerprint density at radius 3 is 1.04 bits per heavy atom. The largest absolute Gasteiger partial charge is 0.855 e. The van der Waals surface area contributed by atoms with Crippen molar-refractivity contribution in [1.82, 2.24) is 0 Å². The molecule has 0 radical (unpaired) electrons. The molecule has 0 fully saturated rings. The molecule has 0 aromatic heterocycles. The Kier molecular flexibility index (Phi) is 21.8. The summed E-state index contributed by atoms with van der Waals surface area (Å²) in [5.41, 5.74) is 0. The van der Waals surface area contributed by atoms with Gasteiger partial charge in [0.1, 0.15) is 0 Å². The minimum Gasteiger partial charge on any atom is -0.855 e. The van der Waals surface area contributed by atoms with Crippen molar-refractivity contribution in [3.05, 3.63) is 0 Å². The van der Waals surface area contributed by atoms with Gasteiger partial charge in [-0.2, -0.15) is 0 Å². The predicted octanol–water partition coefficient (Wildman–Crippen LogP) is 5.54. The summed E-state index contributed by atoms with van der Waals surface area (Å²) in [5, 5.41) is 8.93. The van der Waals surface area contributed by atoms with Crippen molar-refractivity contribution < 1.29 is 9.59 Å². The van der Waals surface area contributed by atoms with Crippen LogP contribution in [0.5, 0.6) is 0 Å². The van der Waals surface area contributed by atoms with Crippen molar-refractivity contribution in [2.45, 2.75) is 104 Å². The van der Waals surface area contributed by atoms with E-state index in [-0.39, 0.29) is 6.61 Å². The quantitative estimate of drug-likeness (QED) is 0.286. The first-order chi connectivity index (χ1) is 11.0. The van der Waals surface area contributed by atoms with Gasteiger partial charge in [-0.15, -0.1) is 6.61 Å². The van der Waals surface area contributed by atoms with Crippen LogP contribution in [0.3, 0.4) is 0 Å². The molecular formula is C21H47NO. The number of rotatable bonds is 15. The van der Waals surface area contributed by atoms with E-state index in [0.717, 1.165) is 4.48 Å². The van der Waals surface area contributed by atoms with Gasteiger partial charge < -0.3 is 9.59 Å². The summed E-state index contributed by atoms with van der Waals surface area (Å²) in [6.07, 6.45) is 20.4. The summed E-state index contributed by atoms with van der Waals surface area (Å²) < 4.78 is 1.12. The average Bonchev–Trinajstić information content (AvgIpc) is 2.47. The van der Waals surface area contributed by atoms with Crippen molar-refractivity contribution in [3.63, 3.8) is 0 Å². The molecule has 142 valence electrons. The van der Waals surface area contributed by atoms with Gasteiger partial charge in [-0.05, 0) is 12.8 Å². The number of quaternary nitrogens is 1. The van der Waals surface area contributed by atoms with Gasteiger partial charge in [-0.1, -0.05) is 90.9 Å². The molecule has 0 atom stereocenters. The van der Waals surface area contributed by atoms with Gasteiger partial charge in [0.25, 0.3) is 0 Å². The molecule has 0 aromatic rings. The molecule has 0 aromatic carbocycles. The van der Waals surface area contributed by atoms with Crippen molar-refractivity contribution in [2.24, 2.45) is 0 Å². The topological polar surface area (TPSA) is 23.1 Å². The lowest BCUT2D eigenvalue weighted by Gasteiger charge is -2.23. The SMILES string of the molecule is CCCCCCCCCCCCCCCC[N+](C)(C)C.CC[O-]. The number of unbranched alkanes of at least 4 members (excludes halogenated alkanes) is 13. The molecule has 0 N–H and O–H groups in total. The lowest BCUT2D eigenvalue weighted by Crippen LogP contribution is -2.35. The molecule has 0 aliphatic heterocycles. The van der Waals surface area contributed by atoms with E-state index < -0.39 is 0 Å². The highest BCUT2D eigenvalue weighted by Gasteiger charge is 2.04. The van der Waals surface area contributed by atoms with Gasteiger partial charge in [0, 0.05) is 0 Å². The lowest BCUT2D eigenvalue weighted by molar-refractivity contribution is -0.870. The van der Waals surface area contributed by atoms with Crippen LogP contribution in [0, 0.1) is 0 Å². The first-order valence-corrected chi connectivity index (χ1v) is 10.4. The third-order valence-corrected chi connectivity index (χ3v) is 4.18.